The molecule has 6 heteroatoms. The van der Waals surface area contributed by atoms with Crippen LogP contribution < -0.4 is 19.9 Å². The van der Waals surface area contributed by atoms with E-state index in [1.54, 1.807) is 18.2 Å². The molecule has 3 aromatic rings. The minimum absolute atomic E-state index is 0.247. The van der Waals surface area contributed by atoms with Gasteiger partial charge in [-0.05, 0) is 55.3 Å². The van der Waals surface area contributed by atoms with Crippen molar-refractivity contribution in [3.8, 4) is 5.75 Å². The number of nitrogens with one attached hydrogen (secondary N) is 1. The molecule has 6 nitrogen and oxygen atoms in total. The molecule has 0 saturated carbocycles. The molecule has 3 aromatic carbocycles. The number of imide groups is 1. The molecule has 0 saturated heterocycles. The molecule has 2 amide bonds. The van der Waals surface area contributed by atoms with E-state index in [0.29, 0.717) is 29.2 Å². The molecule has 174 valence electrons. The van der Waals surface area contributed by atoms with Gasteiger partial charge < -0.3 is 15.0 Å². The number of aryl methyl sites for hydroxylation is 1. The van der Waals surface area contributed by atoms with Crippen LogP contribution in [0.1, 0.15) is 24.5 Å². The highest BCUT2D eigenvalue weighted by Gasteiger charge is 2.41. The minimum atomic E-state index is -0.412. The number of para-hydroxylation sites is 2. The Morgan fingerprint density at radius 1 is 0.882 bits per heavy atom. The van der Waals surface area contributed by atoms with Crippen LogP contribution in [0, 0.1) is 6.92 Å². The molecule has 4 rings (SSSR count). The van der Waals surface area contributed by atoms with E-state index in [9.17, 15) is 9.59 Å². The molecule has 0 unspecified atom stereocenters. The van der Waals surface area contributed by atoms with Crippen molar-refractivity contribution in [3.05, 3.63) is 89.6 Å². The fraction of sp³-hybridized carbons (Fsp3) is 0.214. The largest absolute Gasteiger partial charge is 0.491 e. The van der Waals surface area contributed by atoms with Gasteiger partial charge in [-0.15, -0.1) is 0 Å². The van der Waals surface area contributed by atoms with E-state index < -0.39 is 5.91 Å². The van der Waals surface area contributed by atoms with Crippen molar-refractivity contribution in [1.29, 1.82) is 0 Å². The average Bonchev–Trinajstić information content (AvgIpc) is 3.08. The summed E-state index contributed by atoms with van der Waals surface area (Å²) in [6.07, 6.45) is 0.818. The summed E-state index contributed by atoms with van der Waals surface area (Å²) in [4.78, 5) is 30.6. The van der Waals surface area contributed by atoms with Crippen molar-refractivity contribution in [1.82, 2.24) is 0 Å². The Hall–Kier alpha value is -4.06. The highest BCUT2D eigenvalue weighted by Crippen LogP contribution is 2.38. The second-order valence-electron chi connectivity index (χ2n) is 8.44. The highest BCUT2D eigenvalue weighted by molar-refractivity contribution is 6.46. The molecule has 34 heavy (non-hydrogen) atoms. The fourth-order valence-corrected chi connectivity index (χ4v) is 3.82. The first-order chi connectivity index (χ1) is 16.4. The van der Waals surface area contributed by atoms with E-state index in [0.717, 1.165) is 23.4 Å². The molecule has 0 bridgehead atoms. The molecule has 1 heterocycles. The minimum Gasteiger partial charge on any atom is -0.491 e. The number of carbonyl (C=O) groups excluding carboxylic acids is 2. The molecular weight excluding hydrogens is 426 g/mol. The average molecular weight is 456 g/mol. The van der Waals surface area contributed by atoms with Gasteiger partial charge in [-0.3, -0.25) is 9.59 Å². The summed E-state index contributed by atoms with van der Waals surface area (Å²) < 4.78 is 5.85. The first-order valence-corrected chi connectivity index (χ1v) is 11.4. The van der Waals surface area contributed by atoms with Gasteiger partial charge in [-0.2, -0.15) is 0 Å². The van der Waals surface area contributed by atoms with Crippen molar-refractivity contribution in [2.24, 2.45) is 0 Å². The number of carbonyl (C=O) groups is 2. The fourth-order valence-electron chi connectivity index (χ4n) is 3.82. The van der Waals surface area contributed by atoms with Gasteiger partial charge in [0.1, 0.15) is 11.4 Å². The maximum Gasteiger partial charge on any atom is 0.282 e. The van der Waals surface area contributed by atoms with Gasteiger partial charge in [0.15, 0.2) is 0 Å². The van der Waals surface area contributed by atoms with E-state index in [1.165, 1.54) is 4.90 Å². The zero-order chi connectivity index (χ0) is 24.2. The van der Waals surface area contributed by atoms with E-state index >= 15 is 0 Å². The summed E-state index contributed by atoms with van der Waals surface area (Å²) in [5.41, 5.74) is 4.55. The van der Waals surface area contributed by atoms with Crippen molar-refractivity contribution < 1.29 is 14.3 Å². The van der Waals surface area contributed by atoms with Gasteiger partial charge in [-0.25, -0.2) is 4.90 Å². The van der Waals surface area contributed by atoms with Gasteiger partial charge in [-0.1, -0.05) is 48.9 Å². The maximum absolute atomic E-state index is 13.7. The first kappa shape index (κ1) is 23.1. The Kier molecular flexibility index (Phi) is 6.68. The van der Waals surface area contributed by atoms with E-state index in [2.05, 4.69) is 5.32 Å². The van der Waals surface area contributed by atoms with E-state index in [1.807, 2.05) is 87.4 Å². The quantitative estimate of drug-likeness (QED) is 0.470. The Morgan fingerprint density at radius 2 is 1.56 bits per heavy atom. The molecule has 1 N–H and O–H groups in total. The number of amides is 2. The molecule has 0 atom stereocenters. The number of anilines is 3. The van der Waals surface area contributed by atoms with Crippen LogP contribution in [0.4, 0.5) is 17.1 Å². The van der Waals surface area contributed by atoms with Gasteiger partial charge in [0.05, 0.1) is 17.9 Å². The Morgan fingerprint density at radius 3 is 2.21 bits per heavy atom. The molecule has 0 spiro atoms. The molecule has 1 aliphatic rings. The lowest BCUT2D eigenvalue weighted by Gasteiger charge is -2.19. The molecule has 0 aromatic heterocycles. The van der Waals surface area contributed by atoms with E-state index in [-0.39, 0.29) is 11.6 Å². The lowest BCUT2D eigenvalue weighted by molar-refractivity contribution is -0.120. The van der Waals surface area contributed by atoms with Gasteiger partial charge in [0, 0.05) is 25.5 Å². The van der Waals surface area contributed by atoms with Crippen LogP contribution in [0.25, 0.3) is 5.57 Å². The number of hydrogen-bond acceptors (Lipinski definition) is 5. The lowest BCUT2D eigenvalue weighted by atomic mass is 10.0. The van der Waals surface area contributed by atoms with Gasteiger partial charge in [0.2, 0.25) is 0 Å². The van der Waals surface area contributed by atoms with Crippen LogP contribution in [0.15, 0.2) is 78.5 Å². The molecular formula is C28H29N3O3. The second kappa shape index (κ2) is 9.83. The first-order valence-electron chi connectivity index (χ1n) is 11.4. The summed E-state index contributed by atoms with van der Waals surface area (Å²) in [6, 6.07) is 22.5. The number of nitrogens with zero attached hydrogens (tertiary/aromatic N) is 2. The smallest absolute Gasteiger partial charge is 0.282 e. The van der Waals surface area contributed by atoms with Crippen molar-refractivity contribution in [2.45, 2.75) is 20.3 Å². The number of benzene rings is 3. The van der Waals surface area contributed by atoms with Gasteiger partial charge >= 0.3 is 0 Å². The maximum atomic E-state index is 13.7. The van der Waals surface area contributed by atoms with Crippen LogP contribution in [0.2, 0.25) is 0 Å². The lowest BCUT2D eigenvalue weighted by Crippen LogP contribution is -2.32. The number of hydrogen-bond donors (Lipinski definition) is 1. The van der Waals surface area contributed by atoms with E-state index in [4.69, 9.17) is 4.74 Å². The van der Waals surface area contributed by atoms with Gasteiger partial charge in [0.25, 0.3) is 11.8 Å². The Bertz CT molecular complexity index is 1230. The Balaban J connectivity index is 1.77. The normalized spacial score (nSPS) is 13.5. The monoisotopic (exact) mass is 455 g/mol. The number of ether oxygens (including phenoxy) is 1. The summed E-state index contributed by atoms with van der Waals surface area (Å²) in [6.45, 7) is 4.49. The summed E-state index contributed by atoms with van der Waals surface area (Å²) in [7, 11) is 3.94. The third-order valence-electron chi connectivity index (χ3n) is 5.65. The summed E-state index contributed by atoms with van der Waals surface area (Å²) in [5.74, 6) is -0.287. The zero-order valence-corrected chi connectivity index (χ0v) is 20.0. The van der Waals surface area contributed by atoms with Crippen LogP contribution in [-0.4, -0.2) is 32.5 Å². The summed E-state index contributed by atoms with van der Waals surface area (Å²) in [5, 5.41) is 3.22. The standard InChI is InChI=1S/C28H29N3O3/c1-5-18-34-24-9-7-6-8-23(24)31-27(32)25(20-12-10-19(2)11-13-20)26(28(31)33)29-21-14-16-22(17-15-21)30(3)4/h6-17,29H,5,18H2,1-4H3. The zero-order valence-electron chi connectivity index (χ0n) is 20.0. The molecule has 0 radical (unpaired) electrons. The molecule has 0 aliphatic carbocycles. The predicted molar refractivity (Wildman–Crippen MR) is 137 cm³/mol. The third-order valence-corrected chi connectivity index (χ3v) is 5.65. The molecule has 0 fully saturated rings. The van der Waals surface area contributed by atoms with Crippen LogP contribution in [-0.2, 0) is 9.59 Å². The van der Waals surface area contributed by atoms with Crippen LogP contribution in [0.5, 0.6) is 5.75 Å². The molecule has 1 aliphatic heterocycles. The second-order valence-corrected chi connectivity index (χ2v) is 8.44. The van der Waals surface area contributed by atoms with Crippen LogP contribution >= 0.6 is 0 Å². The Labute approximate surface area is 200 Å². The van der Waals surface area contributed by atoms with Crippen molar-refractivity contribution >= 4 is 34.4 Å². The predicted octanol–water partition coefficient (Wildman–Crippen LogP) is 5.25. The summed E-state index contributed by atoms with van der Waals surface area (Å²) >= 11 is 0. The third kappa shape index (κ3) is 4.53. The highest BCUT2D eigenvalue weighted by atomic mass is 16.5. The van der Waals surface area contributed by atoms with Crippen molar-refractivity contribution in [3.63, 3.8) is 0 Å². The van der Waals surface area contributed by atoms with Crippen molar-refractivity contribution in [2.75, 3.05) is 35.8 Å². The number of rotatable bonds is 8. The topological polar surface area (TPSA) is 61.9 Å². The van der Waals surface area contributed by atoms with Crippen LogP contribution in [0.3, 0.4) is 0 Å². The SMILES string of the molecule is CCCOc1ccccc1N1C(=O)C(Nc2ccc(N(C)C)cc2)=C(c2ccc(C)cc2)C1=O.